The molecule has 2 unspecified atom stereocenters. The summed E-state index contributed by atoms with van der Waals surface area (Å²) in [6.45, 7) is 4.25. The lowest BCUT2D eigenvalue weighted by Gasteiger charge is -2.21. The monoisotopic (exact) mass is 144 g/mol. The van der Waals surface area contributed by atoms with E-state index in [0.717, 1.165) is 19.3 Å². The molecule has 0 aromatic heterocycles. The van der Waals surface area contributed by atoms with Crippen molar-refractivity contribution in [3.63, 3.8) is 0 Å². The van der Waals surface area contributed by atoms with Crippen LogP contribution in [0.25, 0.3) is 0 Å². The van der Waals surface area contributed by atoms with Crippen molar-refractivity contribution in [2.24, 2.45) is 0 Å². The van der Waals surface area contributed by atoms with Crippen molar-refractivity contribution in [2.45, 2.75) is 44.8 Å². The number of rotatable bonds is 2. The van der Waals surface area contributed by atoms with Crippen molar-refractivity contribution in [1.29, 1.82) is 0 Å². The SMILES string of the molecule is CCC1CCC(C)(CO)O1. The van der Waals surface area contributed by atoms with E-state index in [1.165, 1.54) is 0 Å². The van der Waals surface area contributed by atoms with Gasteiger partial charge in [0.15, 0.2) is 0 Å². The van der Waals surface area contributed by atoms with Gasteiger partial charge in [-0.1, -0.05) is 6.92 Å². The summed E-state index contributed by atoms with van der Waals surface area (Å²) in [5, 5.41) is 8.91. The number of ether oxygens (including phenoxy) is 1. The molecule has 0 aromatic carbocycles. The Morgan fingerprint density at radius 2 is 2.40 bits per heavy atom. The summed E-state index contributed by atoms with van der Waals surface area (Å²) in [5.41, 5.74) is -0.235. The van der Waals surface area contributed by atoms with Gasteiger partial charge in [0.05, 0.1) is 18.3 Å². The smallest absolute Gasteiger partial charge is 0.0888 e. The lowest BCUT2D eigenvalue weighted by Crippen LogP contribution is -2.29. The van der Waals surface area contributed by atoms with Gasteiger partial charge in [-0.3, -0.25) is 0 Å². The van der Waals surface area contributed by atoms with Gasteiger partial charge in [-0.25, -0.2) is 0 Å². The van der Waals surface area contributed by atoms with E-state index in [4.69, 9.17) is 9.84 Å². The first-order valence-corrected chi connectivity index (χ1v) is 3.99. The predicted octanol–water partition coefficient (Wildman–Crippen LogP) is 1.33. The molecule has 0 aromatic rings. The van der Waals surface area contributed by atoms with Crippen molar-refractivity contribution >= 4 is 0 Å². The Kier molecular flexibility index (Phi) is 2.32. The number of aliphatic hydroxyl groups is 1. The highest BCUT2D eigenvalue weighted by molar-refractivity contribution is 4.83. The molecule has 1 N–H and O–H groups in total. The van der Waals surface area contributed by atoms with E-state index in [2.05, 4.69) is 6.92 Å². The number of aliphatic hydroxyl groups excluding tert-OH is 1. The van der Waals surface area contributed by atoms with Gasteiger partial charge in [-0.2, -0.15) is 0 Å². The van der Waals surface area contributed by atoms with Crippen LogP contribution in [0.15, 0.2) is 0 Å². The zero-order valence-corrected chi connectivity index (χ0v) is 6.76. The van der Waals surface area contributed by atoms with Crippen LogP contribution in [-0.2, 0) is 4.74 Å². The Labute approximate surface area is 62.2 Å². The summed E-state index contributed by atoms with van der Waals surface area (Å²) in [7, 11) is 0. The topological polar surface area (TPSA) is 29.5 Å². The van der Waals surface area contributed by atoms with Crippen LogP contribution in [0.1, 0.15) is 33.1 Å². The second-order valence-electron chi connectivity index (χ2n) is 3.29. The van der Waals surface area contributed by atoms with Gasteiger partial charge >= 0.3 is 0 Å². The van der Waals surface area contributed by atoms with Crippen molar-refractivity contribution < 1.29 is 9.84 Å². The highest BCUT2D eigenvalue weighted by atomic mass is 16.5. The average molecular weight is 144 g/mol. The van der Waals surface area contributed by atoms with Crippen molar-refractivity contribution in [2.75, 3.05) is 6.61 Å². The fourth-order valence-electron chi connectivity index (χ4n) is 1.39. The molecule has 10 heavy (non-hydrogen) atoms. The van der Waals surface area contributed by atoms with Gasteiger partial charge in [0.1, 0.15) is 0 Å². The largest absolute Gasteiger partial charge is 0.393 e. The van der Waals surface area contributed by atoms with Gasteiger partial charge in [0, 0.05) is 0 Å². The second-order valence-corrected chi connectivity index (χ2v) is 3.29. The lowest BCUT2D eigenvalue weighted by atomic mass is 10.0. The molecule has 1 aliphatic heterocycles. The maximum absolute atomic E-state index is 8.91. The summed E-state index contributed by atoms with van der Waals surface area (Å²) in [5.74, 6) is 0. The molecule has 0 bridgehead atoms. The Morgan fingerprint density at radius 1 is 1.70 bits per heavy atom. The molecule has 2 nitrogen and oxygen atoms in total. The zero-order chi connectivity index (χ0) is 7.61. The van der Waals surface area contributed by atoms with E-state index in [-0.39, 0.29) is 12.2 Å². The van der Waals surface area contributed by atoms with Gasteiger partial charge in [-0.15, -0.1) is 0 Å². The van der Waals surface area contributed by atoms with E-state index in [1.807, 2.05) is 6.92 Å². The van der Waals surface area contributed by atoms with Crippen molar-refractivity contribution in [3.05, 3.63) is 0 Å². The summed E-state index contributed by atoms with van der Waals surface area (Å²) in [6.07, 6.45) is 3.56. The normalized spacial score (nSPS) is 40.5. The highest BCUT2D eigenvalue weighted by Gasteiger charge is 2.34. The molecule has 1 fully saturated rings. The molecule has 60 valence electrons. The first kappa shape index (κ1) is 8.02. The summed E-state index contributed by atoms with van der Waals surface area (Å²) >= 11 is 0. The molecule has 0 spiro atoms. The van der Waals surface area contributed by atoms with Gasteiger partial charge in [0.25, 0.3) is 0 Å². The minimum atomic E-state index is -0.235. The fourth-order valence-corrected chi connectivity index (χ4v) is 1.39. The Hall–Kier alpha value is -0.0800. The number of hydrogen-bond donors (Lipinski definition) is 1. The van der Waals surface area contributed by atoms with Crippen LogP contribution in [-0.4, -0.2) is 23.4 Å². The van der Waals surface area contributed by atoms with E-state index < -0.39 is 0 Å². The third kappa shape index (κ3) is 1.50. The maximum atomic E-state index is 8.91. The van der Waals surface area contributed by atoms with Crippen LogP contribution in [0.3, 0.4) is 0 Å². The molecule has 1 rings (SSSR count). The fraction of sp³-hybridized carbons (Fsp3) is 1.00. The van der Waals surface area contributed by atoms with E-state index in [9.17, 15) is 0 Å². The summed E-state index contributed by atoms with van der Waals surface area (Å²) < 4.78 is 5.60. The standard InChI is InChI=1S/C8H16O2/c1-3-7-4-5-8(2,6-9)10-7/h7,9H,3-6H2,1-2H3. The maximum Gasteiger partial charge on any atom is 0.0888 e. The molecule has 1 heterocycles. The summed E-state index contributed by atoms with van der Waals surface area (Å²) in [4.78, 5) is 0. The van der Waals surface area contributed by atoms with E-state index in [1.54, 1.807) is 0 Å². The van der Waals surface area contributed by atoms with Crippen LogP contribution in [0, 0.1) is 0 Å². The van der Waals surface area contributed by atoms with Crippen LogP contribution in [0.2, 0.25) is 0 Å². The Balaban J connectivity index is 2.41. The minimum Gasteiger partial charge on any atom is -0.393 e. The van der Waals surface area contributed by atoms with Crippen molar-refractivity contribution in [3.8, 4) is 0 Å². The molecular formula is C8H16O2. The molecule has 0 saturated carbocycles. The van der Waals surface area contributed by atoms with Crippen LogP contribution in [0.5, 0.6) is 0 Å². The number of hydrogen-bond acceptors (Lipinski definition) is 2. The molecule has 0 aliphatic carbocycles. The van der Waals surface area contributed by atoms with Crippen LogP contribution < -0.4 is 0 Å². The van der Waals surface area contributed by atoms with Crippen LogP contribution >= 0.6 is 0 Å². The molecule has 0 radical (unpaired) electrons. The minimum absolute atomic E-state index is 0.156. The zero-order valence-electron chi connectivity index (χ0n) is 6.76. The summed E-state index contributed by atoms with van der Waals surface area (Å²) in [6, 6.07) is 0. The molecule has 1 aliphatic rings. The van der Waals surface area contributed by atoms with E-state index in [0.29, 0.717) is 6.10 Å². The van der Waals surface area contributed by atoms with Gasteiger partial charge < -0.3 is 9.84 Å². The molecular weight excluding hydrogens is 128 g/mol. The predicted molar refractivity (Wildman–Crippen MR) is 39.9 cm³/mol. The van der Waals surface area contributed by atoms with Gasteiger partial charge in [0.2, 0.25) is 0 Å². The second kappa shape index (κ2) is 2.89. The molecule has 2 heteroatoms. The quantitative estimate of drug-likeness (QED) is 0.633. The first-order chi connectivity index (χ1) is 4.70. The van der Waals surface area contributed by atoms with Crippen molar-refractivity contribution in [1.82, 2.24) is 0 Å². The lowest BCUT2D eigenvalue weighted by molar-refractivity contribution is -0.0611. The average Bonchev–Trinajstić information content (AvgIpc) is 2.33. The molecule has 2 atom stereocenters. The van der Waals surface area contributed by atoms with E-state index >= 15 is 0 Å². The molecule has 0 amide bonds. The Bertz CT molecular complexity index is 114. The first-order valence-electron chi connectivity index (χ1n) is 3.99. The molecule has 1 saturated heterocycles. The third-order valence-corrected chi connectivity index (χ3v) is 2.24. The third-order valence-electron chi connectivity index (χ3n) is 2.24. The van der Waals surface area contributed by atoms with Crippen LogP contribution in [0.4, 0.5) is 0 Å². The highest BCUT2D eigenvalue weighted by Crippen LogP contribution is 2.30. The van der Waals surface area contributed by atoms with Gasteiger partial charge in [-0.05, 0) is 26.2 Å². The Morgan fingerprint density at radius 3 is 2.70 bits per heavy atom.